The van der Waals surface area contributed by atoms with E-state index in [-0.39, 0.29) is 0 Å². The Bertz CT molecular complexity index is 631. The molecule has 22 heavy (non-hydrogen) atoms. The summed E-state index contributed by atoms with van der Waals surface area (Å²) in [6.45, 7) is 3.39. The number of anilines is 2. The Hall–Kier alpha value is -1.92. The number of aromatic nitrogens is 1. The van der Waals surface area contributed by atoms with Gasteiger partial charge in [0.2, 0.25) is 5.13 Å². The van der Waals surface area contributed by atoms with E-state index in [1.165, 1.54) is 49.3 Å². The molecular weight excluding hydrogens is 294 g/mol. The number of nitrogen functional groups attached to an aromatic ring is 1. The molecule has 116 valence electrons. The molecular formula is C16H21N5S. The van der Waals surface area contributed by atoms with Gasteiger partial charge < -0.3 is 5.73 Å². The highest BCUT2D eigenvalue weighted by Crippen LogP contribution is 2.17. The lowest BCUT2D eigenvalue weighted by molar-refractivity contribution is 0.221. The lowest BCUT2D eigenvalue weighted by Gasteiger charge is -2.26. The van der Waals surface area contributed by atoms with Crippen LogP contribution in [0, 0.1) is 0 Å². The van der Waals surface area contributed by atoms with Gasteiger partial charge in [-0.1, -0.05) is 30.7 Å². The summed E-state index contributed by atoms with van der Waals surface area (Å²) < 4.78 is 0. The van der Waals surface area contributed by atoms with Crippen molar-refractivity contribution in [2.75, 3.05) is 24.2 Å². The number of thiazole rings is 1. The zero-order chi connectivity index (χ0) is 15.2. The topological polar surface area (TPSA) is 66.5 Å². The van der Waals surface area contributed by atoms with Crippen molar-refractivity contribution >= 4 is 28.5 Å². The number of nitrogens with zero attached hydrogens (tertiary/aromatic N) is 3. The number of hydrogen-bond donors (Lipinski definition) is 2. The van der Waals surface area contributed by atoms with Crippen LogP contribution in [0.4, 0.5) is 10.9 Å². The van der Waals surface area contributed by atoms with Crippen LogP contribution in [-0.2, 0) is 6.54 Å². The van der Waals surface area contributed by atoms with E-state index in [4.69, 9.17) is 5.73 Å². The number of piperidine rings is 1. The van der Waals surface area contributed by atoms with Gasteiger partial charge in [-0.3, -0.25) is 10.3 Å². The van der Waals surface area contributed by atoms with Crippen LogP contribution >= 0.6 is 11.3 Å². The summed E-state index contributed by atoms with van der Waals surface area (Å²) >= 11 is 1.45. The number of likely N-dealkylation sites (tertiary alicyclic amines) is 1. The first kappa shape index (κ1) is 15.0. The quantitative estimate of drug-likeness (QED) is 0.657. The third-order valence-corrected chi connectivity index (χ3v) is 4.55. The van der Waals surface area contributed by atoms with Crippen molar-refractivity contribution in [1.82, 2.24) is 9.88 Å². The molecule has 1 aromatic carbocycles. The molecule has 1 aromatic heterocycles. The predicted molar refractivity (Wildman–Crippen MR) is 93.3 cm³/mol. The first-order valence-electron chi connectivity index (χ1n) is 7.61. The molecule has 0 amide bonds. The van der Waals surface area contributed by atoms with Gasteiger partial charge in [-0.15, -0.1) is 11.3 Å². The summed E-state index contributed by atoms with van der Waals surface area (Å²) in [5.41, 5.74) is 11.0. The minimum Gasteiger partial charge on any atom is -0.383 e. The predicted octanol–water partition coefficient (Wildman–Crippen LogP) is 3.16. The van der Waals surface area contributed by atoms with Crippen molar-refractivity contribution in [3.63, 3.8) is 0 Å². The smallest absolute Gasteiger partial charge is 0.205 e. The van der Waals surface area contributed by atoms with Crippen molar-refractivity contribution < 1.29 is 0 Å². The molecule has 1 fully saturated rings. The number of nitrogens with one attached hydrogen (secondary N) is 1. The minimum absolute atomic E-state index is 0.521. The second kappa shape index (κ2) is 7.38. The number of nitrogens with two attached hydrogens (primary N) is 1. The van der Waals surface area contributed by atoms with Gasteiger partial charge in [-0.25, -0.2) is 4.98 Å². The molecule has 2 aromatic rings. The van der Waals surface area contributed by atoms with Crippen LogP contribution in [-0.4, -0.2) is 29.2 Å². The van der Waals surface area contributed by atoms with Crippen LogP contribution in [0.15, 0.2) is 34.7 Å². The monoisotopic (exact) mass is 315 g/mol. The molecule has 0 radical (unpaired) electrons. The SMILES string of the molecule is Nc1csc(NN=Cc2ccccc2CN2CCCCC2)n1. The third kappa shape index (κ3) is 4.05. The normalized spacial score (nSPS) is 16.2. The number of hydrogen-bond acceptors (Lipinski definition) is 6. The number of benzene rings is 1. The van der Waals surface area contributed by atoms with Gasteiger partial charge in [0.15, 0.2) is 0 Å². The standard InChI is InChI=1S/C16H21N5S/c17-15-12-22-16(19-15)20-18-10-13-6-2-3-7-14(13)11-21-8-4-1-5-9-21/h2-3,6-7,10,12H,1,4-5,8-9,11,17H2,(H,19,20). The van der Waals surface area contributed by atoms with Crippen molar-refractivity contribution in [3.05, 3.63) is 40.8 Å². The lowest BCUT2D eigenvalue weighted by atomic mass is 10.1. The summed E-state index contributed by atoms with van der Waals surface area (Å²) in [5.74, 6) is 0.521. The van der Waals surface area contributed by atoms with E-state index >= 15 is 0 Å². The van der Waals surface area contributed by atoms with Crippen LogP contribution in [0.3, 0.4) is 0 Å². The molecule has 3 N–H and O–H groups in total. The minimum atomic E-state index is 0.521. The summed E-state index contributed by atoms with van der Waals surface area (Å²) in [4.78, 5) is 6.64. The van der Waals surface area contributed by atoms with E-state index in [2.05, 4.69) is 38.6 Å². The first-order chi connectivity index (χ1) is 10.8. The summed E-state index contributed by atoms with van der Waals surface area (Å²) in [6.07, 6.45) is 5.84. The van der Waals surface area contributed by atoms with Gasteiger partial charge >= 0.3 is 0 Å². The van der Waals surface area contributed by atoms with E-state index in [1.54, 1.807) is 5.38 Å². The van der Waals surface area contributed by atoms with Crippen molar-refractivity contribution in [3.8, 4) is 0 Å². The van der Waals surface area contributed by atoms with Gasteiger partial charge in [0, 0.05) is 11.9 Å². The van der Waals surface area contributed by atoms with E-state index in [9.17, 15) is 0 Å². The fourth-order valence-corrected chi connectivity index (χ4v) is 3.21. The molecule has 0 spiro atoms. The van der Waals surface area contributed by atoms with Gasteiger partial charge in [0.05, 0.1) is 6.21 Å². The van der Waals surface area contributed by atoms with E-state index in [0.29, 0.717) is 10.9 Å². The molecule has 5 nitrogen and oxygen atoms in total. The van der Waals surface area contributed by atoms with E-state index in [0.717, 1.165) is 12.1 Å². The zero-order valence-electron chi connectivity index (χ0n) is 12.5. The van der Waals surface area contributed by atoms with Crippen LogP contribution < -0.4 is 11.2 Å². The zero-order valence-corrected chi connectivity index (χ0v) is 13.4. The Kier molecular flexibility index (Phi) is 5.03. The molecule has 0 atom stereocenters. The molecule has 2 heterocycles. The highest BCUT2D eigenvalue weighted by atomic mass is 32.1. The summed E-state index contributed by atoms with van der Waals surface area (Å²) in [6, 6.07) is 8.41. The van der Waals surface area contributed by atoms with Crippen LogP contribution in [0.1, 0.15) is 30.4 Å². The molecule has 1 saturated heterocycles. The molecule has 0 bridgehead atoms. The van der Waals surface area contributed by atoms with Crippen molar-refractivity contribution in [2.45, 2.75) is 25.8 Å². The van der Waals surface area contributed by atoms with Crippen LogP contribution in [0.5, 0.6) is 0 Å². The average Bonchev–Trinajstić information content (AvgIpc) is 2.95. The maximum atomic E-state index is 5.59. The molecule has 0 aliphatic carbocycles. The van der Waals surface area contributed by atoms with E-state index in [1.807, 2.05) is 12.3 Å². The fraction of sp³-hybridized carbons (Fsp3) is 0.375. The maximum Gasteiger partial charge on any atom is 0.205 e. The van der Waals surface area contributed by atoms with E-state index < -0.39 is 0 Å². The Morgan fingerprint density at radius 2 is 2.09 bits per heavy atom. The Morgan fingerprint density at radius 3 is 2.86 bits per heavy atom. The van der Waals surface area contributed by atoms with Gasteiger partial charge in [-0.05, 0) is 37.1 Å². The molecule has 1 aliphatic heterocycles. The first-order valence-corrected chi connectivity index (χ1v) is 8.49. The second-order valence-corrected chi connectivity index (χ2v) is 6.34. The van der Waals surface area contributed by atoms with Crippen LogP contribution in [0.2, 0.25) is 0 Å². The third-order valence-electron chi connectivity index (χ3n) is 3.78. The molecule has 0 unspecified atom stereocenters. The lowest BCUT2D eigenvalue weighted by Crippen LogP contribution is -2.29. The van der Waals surface area contributed by atoms with Crippen molar-refractivity contribution in [1.29, 1.82) is 0 Å². The fourth-order valence-electron chi connectivity index (χ4n) is 2.66. The Balaban J connectivity index is 1.65. The molecule has 0 saturated carbocycles. The van der Waals surface area contributed by atoms with Gasteiger partial charge in [0.25, 0.3) is 0 Å². The van der Waals surface area contributed by atoms with Gasteiger partial charge in [0.1, 0.15) is 5.82 Å². The number of hydrazone groups is 1. The molecule has 1 aliphatic rings. The van der Waals surface area contributed by atoms with Crippen LogP contribution in [0.25, 0.3) is 0 Å². The summed E-state index contributed by atoms with van der Waals surface area (Å²) in [5, 5.41) is 6.78. The Morgan fingerprint density at radius 1 is 1.27 bits per heavy atom. The Labute approximate surface area is 134 Å². The average molecular weight is 315 g/mol. The second-order valence-electron chi connectivity index (χ2n) is 5.48. The maximum absolute atomic E-state index is 5.59. The highest BCUT2D eigenvalue weighted by Gasteiger charge is 2.11. The number of rotatable bonds is 5. The molecule has 6 heteroatoms. The largest absolute Gasteiger partial charge is 0.383 e. The highest BCUT2D eigenvalue weighted by molar-refractivity contribution is 7.14. The summed E-state index contributed by atoms with van der Waals surface area (Å²) in [7, 11) is 0. The van der Waals surface area contributed by atoms with Gasteiger partial charge in [-0.2, -0.15) is 5.10 Å². The van der Waals surface area contributed by atoms with Crippen molar-refractivity contribution in [2.24, 2.45) is 5.10 Å². The molecule has 3 rings (SSSR count).